The Morgan fingerprint density at radius 1 is 1.38 bits per heavy atom. The minimum absolute atomic E-state index is 0.0305. The van der Waals surface area contributed by atoms with E-state index in [1.807, 2.05) is 4.90 Å². The lowest BCUT2D eigenvalue weighted by Crippen LogP contribution is -2.28. The van der Waals surface area contributed by atoms with E-state index in [2.05, 4.69) is 25.7 Å². The number of rotatable bonds is 2. The van der Waals surface area contributed by atoms with Crippen LogP contribution in [0.3, 0.4) is 0 Å². The molecule has 112 valence electrons. The first kappa shape index (κ1) is 15.9. The first-order valence-corrected chi connectivity index (χ1v) is 7.59. The summed E-state index contributed by atoms with van der Waals surface area (Å²) in [7, 11) is 0. The van der Waals surface area contributed by atoms with Gasteiger partial charge in [0.25, 0.3) is 5.91 Å². The van der Waals surface area contributed by atoms with Gasteiger partial charge in [-0.05, 0) is 30.0 Å². The molecule has 0 aromatic heterocycles. The predicted molar refractivity (Wildman–Crippen MR) is 84.3 cm³/mol. The minimum Gasteiger partial charge on any atom is -0.395 e. The van der Waals surface area contributed by atoms with Crippen molar-refractivity contribution in [3.63, 3.8) is 0 Å². The van der Waals surface area contributed by atoms with Gasteiger partial charge in [-0.1, -0.05) is 37.3 Å². The molecule has 3 nitrogen and oxygen atoms in total. The van der Waals surface area contributed by atoms with E-state index in [1.165, 1.54) is 0 Å². The van der Waals surface area contributed by atoms with E-state index in [-0.39, 0.29) is 12.5 Å². The largest absolute Gasteiger partial charge is 0.395 e. The van der Waals surface area contributed by atoms with Gasteiger partial charge >= 0.3 is 0 Å². The van der Waals surface area contributed by atoms with Crippen LogP contribution in [-0.2, 0) is 0 Å². The number of carbonyl (C=O) groups is 1. The van der Waals surface area contributed by atoms with Gasteiger partial charge in [0.2, 0.25) is 0 Å². The second-order valence-electron chi connectivity index (χ2n) is 5.63. The highest BCUT2D eigenvalue weighted by molar-refractivity contribution is 6.32. The van der Waals surface area contributed by atoms with Gasteiger partial charge in [-0.3, -0.25) is 4.79 Å². The van der Waals surface area contributed by atoms with Gasteiger partial charge in [0.05, 0.1) is 11.6 Å². The third-order valence-corrected chi connectivity index (χ3v) is 4.26. The fourth-order valence-corrected chi connectivity index (χ4v) is 2.67. The minimum atomic E-state index is 0.0305. The molecule has 2 atom stereocenters. The van der Waals surface area contributed by atoms with E-state index >= 15 is 0 Å². The maximum Gasteiger partial charge on any atom is 0.253 e. The molecule has 0 bridgehead atoms. The van der Waals surface area contributed by atoms with Crippen LogP contribution >= 0.6 is 11.6 Å². The molecular formula is C17H20ClNO2. The summed E-state index contributed by atoms with van der Waals surface area (Å²) in [4.78, 5) is 14.3. The molecule has 1 heterocycles. The normalized spacial score (nSPS) is 21.0. The number of halogens is 1. The van der Waals surface area contributed by atoms with Crippen molar-refractivity contribution in [3.8, 4) is 11.8 Å². The molecule has 0 radical (unpaired) electrons. The van der Waals surface area contributed by atoms with Gasteiger partial charge in [-0.2, -0.15) is 0 Å². The number of aliphatic hydroxyl groups excluding tert-OH is 1. The Bertz CT molecular complexity index is 578. The average Bonchev–Trinajstić information content (AvgIpc) is 2.80. The van der Waals surface area contributed by atoms with E-state index < -0.39 is 0 Å². The second-order valence-corrected chi connectivity index (χ2v) is 6.04. The van der Waals surface area contributed by atoms with Gasteiger partial charge < -0.3 is 10.0 Å². The molecule has 2 unspecified atom stereocenters. The quantitative estimate of drug-likeness (QED) is 0.854. The van der Waals surface area contributed by atoms with Crippen molar-refractivity contribution in [1.82, 2.24) is 4.90 Å². The SMILES string of the molecule is CC1CN(C(=O)c2ccc(C#CCCO)c(Cl)c2)CC1C. The van der Waals surface area contributed by atoms with Crippen LogP contribution in [0.2, 0.25) is 5.02 Å². The number of nitrogens with zero attached hydrogens (tertiary/aromatic N) is 1. The van der Waals surface area contributed by atoms with Gasteiger partial charge in [0, 0.05) is 30.6 Å². The van der Waals surface area contributed by atoms with Gasteiger partial charge in [0.15, 0.2) is 0 Å². The van der Waals surface area contributed by atoms with Crippen LogP contribution in [0.15, 0.2) is 18.2 Å². The number of amides is 1. The first-order valence-electron chi connectivity index (χ1n) is 7.21. The lowest BCUT2D eigenvalue weighted by Gasteiger charge is -2.16. The smallest absolute Gasteiger partial charge is 0.253 e. The molecule has 1 aliphatic rings. The summed E-state index contributed by atoms with van der Waals surface area (Å²) in [5.41, 5.74) is 1.29. The number of likely N-dealkylation sites (tertiary alicyclic amines) is 1. The zero-order valence-corrected chi connectivity index (χ0v) is 13.2. The van der Waals surface area contributed by atoms with Crippen molar-refractivity contribution >= 4 is 17.5 Å². The number of hydrogen-bond donors (Lipinski definition) is 1. The summed E-state index contributed by atoms with van der Waals surface area (Å²) in [5.74, 6) is 6.83. The zero-order chi connectivity index (χ0) is 15.4. The molecule has 2 rings (SSSR count). The molecule has 0 aliphatic carbocycles. The molecular weight excluding hydrogens is 286 g/mol. The highest BCUT2D eigenvalue weighted by Gasteiger charge is 2.29. The molecule has 21 heavy (non-hydrogen) atoms. The van der Waals surface area contributed by atoms with E-state index in [9.17, 15) is 4.79 Å². The molecule has 1 fully saturated rings. The second kappa shape index (κ2) is 6.98. The van der Waals surface area contributed by atoms with Crippen molar-refractivity contribution in [2.45, 2.75) is 20.3 Å². The third-order valence-electron chi connectivity index (χ3n) is 3.95. The molecule has 1 aromatic carbocycles. The van der Waals surface area contributed by atoms with Crippen molar-refractivity contribution < 1.29 is 9.90 Å². The molecule has 1 aromatic rings. The number of carbonyl (C=O) groups excluding carboxylic acids is 1. The molecule has 1 N–H and O–H groups in total. The van der Waals surface area contributed by atoms with Crippen LogP contribution in [0.25, 0.3) is 0 Å². The maximum atomic E-state index is 12.5. The molecule has 1 saturated heterocycles. The number of hydrogen-bond acceptors (Lipinski definition) is 2. The highest BCUT2D eigenvalue weighted by Crippen LogP contribution is 2.25. The summed E-state index contributed by atoms with van der Waals surface area (Å²) >= 11 is 6.18. The van der Waals surface area contributed by atoms with E-state index in [0.29, 0.717) is 34.4 Å². The fraction of sp³-hybridized carbons (Fsp3) is 0.471. The van der Waals surface area contributed by atoms with E-state index in [1.54, 1.807) is 18.2 Å². The Hall–Kier alpha value is -1.50. The number of benzene rings is 1. The van der Waals surface area contributed by atoms with Crippen molar-refractivity contribution in [2.24, 2.45) is 11.8 Å². The van der Waals surface area contributed by atoms with Crippen LogP contribution in [0.5, 0.6) is 0 Å². The highest BCUT2D eigenvalue weighted by atomic mass is 35.5. The molecule has 1 amide bonds. The Labute approximate surface area is 130 Å². The van der Waals surface area contributed by atoms with E-state index in [4.69, 9.17) is 16.7 Å². The number of aliphatic hydroxyl groups is 1. The van der Waals surface area contributed by atoms with Crippen molar-refractivity contribution in [3.05, 3.63) is 34.3 Å². The molecule has 0 spiro atoms. The summed E-state index contributed by atoms with van der Waals surface area (Å²) < 4.78 is 0. The summed E-state index contributed by atoms with van der Waals surface area (Å²) in [6.07, 6.45) is 0.417. The Morgan fingerprint density at radius 2 is 2.05 bits per heavy atom. The predicted octanol–water partition coefficient (Wildman–Crippen LogP) is 2.80. The van der Waals surface area contributed by atoms with Gasteiger partial charge in [-0.25, -0.2) is 0 Å². The lowest BCUT2D eigenvalue weighted by molar-refractivity contribution is 0.0785. The monoisotopic (exact) mass is 305 g/mol. The fourth-order valence-electron chi connectivity index (χ4n) is 2.44. The topological polar surface area (TPSA) is 40.5 Å². The standard InChI is InChI=1S/C17H20ClNO2/c1-12-10-19(11-13(12)2)17(21)15-7-6-14(16(18)9-15)5-3-4-8-20/h6-7,9,12-13,20H,4,8,10-11H2,1-2H3. The molecule has 4 heteroatoms. The van der Waals surface area contributed by atoms with Crippen LogP contribution in [0.1, 0.15) is 36.2 Å². The summed E-state index contributed by atoms with van der Waals surface area (Å²) in [5, 5.41) is 9.19. The van der Waals surface area contributed by atoms with Gasteiger partial charge in [0.1, 0.15) is 0 Å². The van der Waals surface area contributed by atoms with E-state index in [0.717, 1.165) is 13.1 Å². The third kappa shape index (κ3) is 3.78. The van der Waals surface area contributed by atoms with Crippen LogP contribution in [0.4, 0.5) is 0 Å². The Kier molecular flexibility index (Phi) is 5.27. The zero-order valence-electron chi connectivity index (χ0n) is 12.4. The lowest BCUT2D eigenvalue weighted by atomic mass is 10.0. The van der Waals surface area contributed by atoms with Crippen LogP contribution in [-0.4, -0.2) is 35.6 Å². The summed E-state index contributed by atoms with van der Waals surface area (Å²) in [6.45, 7) is 5.98. The van der Waals surface area contributed by atoms with Crippen molar-refractivity contribution in [2.75, 3.05) is 19.7 Å². The first-order chi connectivity index (χ1) is 10.0. The van der Waals surface area contributed by atoms with Crippen molar-refractivity contribution in [1.29, 1.82) is 0 Å². The summed E-state index contributed by atoms with van der Waals surface area (Å²) in [6, 6.07) is 5.22. The maximum absolute atomic E-state index is 12.5. The van der Waals surface area contributed by atoms with Gasteiger partial charge in [-0.15, -0.1) is 0 Å². The van der Waals surface area contributed by atoms with Crippen LogP contribution in [0, 0.1) is 23.7 Å². The molecule has 1 aliphatic heterocycles. The average molecular weight is 306 g/mol. The Balaban J connectivity index is 2.13. The molecule has 0 saturated carbocycles. The van der Waals surface area contributed by atoms with Crippen LogP contribution < -0.4 is 0 Å². The Morgan fingerprint density at radius 3 is 2.62 bits per heavy atom.